The van der Waals surface area contributed by atoms with Gasteiger partial charge >= 0.3 is 6.61 Å². The maximum absolute atomic E-state index is 13.6. The van der Waals surface area contributed by atoms with E-state index in [2.05, 4.69) is 10.1 Å². The molecule has 2 aromatic carbocycles. The van der Waals surface area contributed by atoms with Crippen molar-refractivity contribution in [3.63, 3.8) is 0 Å². The van der Waals surface area contributed by atoms with Crippen LogP contribution in [0.2, 0.25) is 0 Å². The molecule has 0 bridgehead atoms. The summed E-state index contributed by atoms with van der Waals surface area (Å²) in [5, 5.41) is 12.0. The molecule has 0 saturated heterocycles. The van der Waals surface area contributed by atoms with Gasteiger partial charge in [-0.3, -0.25) is 0 Å². The minimum Gasteiger partial charge on any atom is -0.432 e. The van der Waals surface area contributed by atoms with Crippen molar-refractivity contribution < 1.29 is 23.0 Å². The second kappa shape index (κ2) is 8.44. The van der Waals surface area contributed by atoms with E-state index < -0.39 is 18.2 Å². The standard InChI is InChI=1S/C17H19F3N2O2/c1-22(8-9-23)14-5-3-13(4-6-14)21-11-12-2-7-16(15(18)10-12)24-17(19)20/h2-7,10,17,21,23H,8-9,11H2,1H3. The van der Waals surface area contributed by atoms with Crippen molar-refractivity contribution in [2.24, 2.45) is 0 Å². The van der Waals surface area contributed by atoms with E-state index in [4.69, 9.17) is 5.11 Å². The lowest BCUT2D eigenvalue weighted by atomic mass is 10.2. The average molecular weight is 340 g/mol. The lowest BCUT2D eigenvalue weighted by Gasteiger charge is -2.18. The van der Waals surface area contributed by atoms with Gasteiger partial charge in [-0.2, -0.15) is 8.78 Å². The molecule has 0 atom stereocenters. The predicted molar refractivity (Wildman–Crippen MR) is 87.2 cm³/mol. The lowest BCUT2D eigenvalue weighted by molar-refractivity contribution is -0.0522. The first kappa shape index (κ1) is 17.9. The fourth-order valence-electron chi connectivity index (χ4n) is 2.16. The predicted octanol–water partition coefficient (Wildman–Crippen LogP) is 3.47. The van der Waals surface area contributed by atoms with E-state index in [-0.39, 0.29) is 6.61 Å². The van der Waals surface area contributed by atoms with E-state index in [1.807, 2.05) is 36.2 Å². The van der Waals surface area contributed by atoms with Crippen LogP contribution in [0.1, 0.15) is 5.56 Å². The molecule has 130 valence electrons. The van der Waals surface area contributed by atoms with Crippen LogP contribution in [0.5, 0.6) is 5.75 Å². The van der Waals surface area contributed by atoms with Crippen molar-refractivity contribution in [1.82, 2.24) is 0 Å². The van der Waals surface area contributed by atoms with Crippen molar-refractivity contribution in [1.29, 1.82) is 0 Å². The number of rotatable bonds is 8. The molecule has 0 spiro atoms. The number of ether oxygens (including phenoxy) is 1. The third-order valence-corrected chi connectivity index (χ3v) is 3.45. The van der Waals surface area contributed by atoms with E-state index in [1.165, 1.54) is 12.1 Å². The normalized spacial score (nSPS) is 10.8. The molecule has 24 heavy (non-hydrogen) atoms. The quantitative estimate of drug-likeness (QED) is 0.772. The van der Waals surface area contributed by atoms with Gasteiger partial charge in [0.05, 0.1) is 6.61 Å². The Morgan fingerprint density at radius 2 is 1.88 bits per heavy atom. The largest absolute Gasteiger partial charge is 0.432 e. The minimum absolute atomic E-state index is 0.0767. The maximum Gasteiger partial charge on any atom is 0.387 e. The van der Waals surface area contributed by atoms with Crippen LogP contribution < -0.4 is 15.0 Å². The zero-order valence-corrected chi connectivity index (χ0v) is 13.2. The Hall–Kier alpha value is -2.41. The van der Waals surface area contributed by atoms with Crippen LogP contribution in [0.15, 0.2) is 42.5 Å². The fourth-order valence-corrected chi connectivity index (χ4v) is 2.16. The number of halogens is 3. The first-order valence-electron chi connectivity index (χ1n) is 7.39. The number of anilines is 2. The zero-order chi connectivity index (χ0) is 17.5. The molecular weight excluding hydrogens is 321 g/mol. The van der Waals surface area contributed by atoms with Crippen molar-refractivity contribution in [3.8, 4) is 5.75 Å². The number of likely N-dealkylation sites (N-methyl/N-ethyl adjacent to an activating group) is 1. The van der Waals surface area contributed by atoms with Gasteiger partial charge in [-0.05, 0) is 42.0 Å². The molecule has 0 saturated carbocycles. The van der Waals surface area contributed by atoms with Gasteiger partial charge in [-0.25, -0.2) is 4.39 Å². The summed E-state index contributed by atoms with van der Waals surface area (Å²) in [4.78, 5) is 1.92. The van der Waals surface area contributed by atoms with Crippen molar-refractivity contribution in [2.45, 2.75) is 13.2 Å². The molecule has 4 nitrogen and oxygen atoms in total. The SMILES string of the molecule is CN(CCO)c1ccc(NCc2ccc(OC(F)F)c(F)c2)cc1. The van der Waals surface area contributed by atoms with Gasteiger partial charge in [-0.15, -0.1) is 0 Å². The number of nitrogens with one attached hydrogen (secondary N) is 1. The summed E-state index contributed by atoms with van der Waals surface area (Å²) in [7, 11) is 1.88. The van der Waals surface area contributed by atoms with E-state index in [1.54, 1.807) is 0 Å². The molecular formula is C17H19F3N2O2. The summed E-state index contributed by atoms with van der Waals surface area (Å²) >= 11 is 0. The van der Waals surface area contributed by atoms with Crippen LogP contribution in [0.3, 0.4) is 0 Å². The van der Waals surface area contributed by atoms with Crippen LogP contribution in [0.25, 0.3) is 0 Å². The Bertz CT molecular complexity index is 651. The van der Waals surface area contributed by atoms with Crippen LogP contribution >= 0.6 is 0 Å². The third kappa shape index (κ3) is 5.06. The smallest absolute Gasteiger partial charge is 0.387 e. The number of nitrogens with zero attached hydrogens (tertiary/aromatic N) is 1. The topological polar surface area (TPSA) is 44.7 Å². The monoisotopic (exact) mass is 340 g/mol. The number of hydrogen-bond acceptors (Lipinski definition) is 4. The number of aliphatic hydroxyl groups excluding tert-OH is 1. The molecule has 2 rings (SSSR count). The van der Waals surface area contributed by atoms with Crippen LogP contribution in [0, 0.1) is 5.82 Å². The molecule has 0 heterocycles. The molecule has 0 amide bonds. The zero-order valence-electron chi connectivity index (χ0n) is 13.2. The number of aliphatic hydroxyl groups is 1. The summed E-state index contributed by atoms with van der Waals surface area (Å²) in [5.41, 5.74) is 2.41. The summed E-state index contributed by atoms with van der Waals surface area (Å²) < 4.78 is 41.9. The number of hydrogen-bond donors (Lipinski definition) is 2. The van der Waals surface area contributed by atoms with Gasteiger partial charge in [0.25, 0.3) is 0 Å². The van der Waals surface area contributed by atoms with Crippen molar-refractivity contribution in [2.75, 3.05) is 30.4 Å². The average Bonchev–Trinajstić information content (AvgIpc) is 2.55. The highest BCUT2D eigenvalue weighted by Crippen LogP contribution is 2.22. The molecule has 2 aromatic rings. The molecule has 0 radical (unpaired) electrons. The highest BCUT2D eigenvalue weighted by molar-refractivity contribution is 5.55. The second-order valence-electron chi connectivity index (χ2n) is 5.19. The third-order valence-electron chi connectivity index (χ3n) is 3.45. The first-order valence-corrected chi connectivity index (χ1v) is 7.39. The molecule has 0 unspecified atom stereocenters. The maximum atomic E-state index is 13.6. The van der Waals surface area contributed by atoms with E-state index >= 15 is 0 Å². The van der Waals surface area contributed by atoms with Gasteiger partial charge in [0.2, 0.25) is 0 Å². The Balaban J connectivity index is 1.94. The van der Waals surface area contributed by atoms with Gasteiger partial charge in [-0.1, -0.05) is 6.07 Å². The van der Waals surface area contributed by atoms with E-state index in [0.717, 1.165) is 17.4 Å². The Labute approximate surface area is 138 Å². The molecule has 0 aliphatic rings. The van der Waals surface area contributed by atoms with E-state index in [9.17, 15) is 13.2 Å². The number of alkyl halides is 2. The van der Waals surface area contributed by atoms with E-state index in [0.29, 0.717) is 18.7 Å². The molecule has 0 aromatic heterocycles. The lowest BCUT2D eigenvalue weighted by Crippen LogP contribution is -2.20. The fraction of sp³-hybridized carbons (Fsp3) is 0.294. The van der Waals surface area contributed by atoms with Gasteiger partial charge in [0, 0.05) is 31.5 Å². The number of benzene rings is 2. The molecule has 2 N–H and O–H groups in total. The van der Waals surface area contributed by atoms with Gasteiger partial charge < -0.3 is 20.1 Å². The Morgan fingerprint density at radius 3 is 2.46 bits per heavy atom. The van der Waals surface area contributed by atoms with Crippen molar-refractivity contribution in [3.05, 3.63) is 53.8 Å². The minimum atomic E-state index is -3.05. The molecule has 7 heteroatoms. The summed E-state index contributed by atoms with van der Waals surface area (Å²) in [6, 6.07) is 11.4. The highest BCUT2D eigenvalue weighted by atomic mass is 19.3. The highest BCUT2D eigenvalue weighted by Gasteiger charge is 2.10. The summed E-state index contributed by atoms with van der Waals surface area (Å²) in [6.45, 7) is -2.09. The van der Waals surface area contributed by atoms with Crippen LogP contribution in [-0.2, 0) is 6.54 Å². The molecule has 0 aliphatic heterocycles. The second-order valence-corrected chi connectivity index (χ2v) is 5.19. The molecule has 0 fully saturated rings. The summed E-state index contributed by atoms with van der Waals surface area (Å²) in [5.74, 6) is -1.29. The molecule has 0 aliphatic carbocycles. The van der Waals surface area contributed by atoms with Crippen molar-refractivity contribution >= 4 is 11.4 Å². The van der Waals surface area contributed by atoms with Gasteiger partial charge in [0.1, 0.15) is 0 Å². The van der Waals surface area contributed by atoms with Crippen LogP contribution in [-0.4, -0.2) is 31.9 Å². The Morgan fingerprint density at radius 1 is 1.17 bits per heavy atom. The first-order chi connectivity index (χ1) is 11.5. The van der Waals surface area contributed by atoms with Crippen LogP contribution in [0.4, 0.5) is 24.5 Å². The van der Waals surface area contributed by atoms with Gasteiger partial charge in [0.15, 0.2) is 11.6 Å². The Kier molecular flexibility index (Phi) is 6.31. The summed E-state index contributed by atoms with van der Waals surface area (Å²) in [6.07, 6.45) is 0.